The zero-order valence-corrected chi connectivity index (χ0v) is 12.9. The molecule has 112 valence electrons. The molecular weight excluding hydrogens is 294 g/mol. The molecule has 0 spiro atoms. The molecule has 3 aromatic carbocycles. The Bertz CT molecular complexity index is 711. The molecule has 0 heterocycles. The summed E-state index contributed by atoms with van der Waals surface area (Å²) >= 11 is 0. The van der Waals surface area contributed by atoms with Gasteiger partial charge in [0.15, 0.2) is 0 Å². The minimum atomic E-state index is 0. The van der Waals surface area contributed by atoms with Gasteiger partial charge in [-0.3, -0.25) is 0 Å². The molecule has 3 heteroatoms. The van der Waals surface area contributed by atoms with Crippen molar-refractivity contribution in [2.24, 2.45) is 0 Å². The van der Waals surface area contributed by atoms with E-state index in [9.17, 15) is 0 Å². The van der Waals surface area contributed by atoms with Gasteiger partial charge < -0.3 is 10.5 Å². The highest BCUT2D eigenvalue weighted by molar-refractivity contribution is 5.85. The van der Waals surface area contributed by atoms with Crippen molar-refractivity contribution >= 4 is 18.1 Å². The van der Waals surface area contributed by atoms with Crippen LogP contribution in [0.5, 0.6) is 5.75 Å². The standard InChI is InChI=1S/C19H17NO.ClH/c20-18-11-9-16(10-12-18)17-7-4-8-19(13-17)21-14-15-5-2-1-3-6-15;/h1-13H,14,20H2;1H. The lowest BCUT2D eigenvalue weighted by molar-refractivity contribution is 0.306. The third-order valence-electron chi connectivity index (χ3n) is 3.33. The molecule has 22 heavy (non-hydrogen) atoms. The zero-order valence-electron chi connectivity index (χ0n) is 12.1. The Labute approximate surface area is 137 Å². The molecule has 2 N–H and O–H groups in total. The minimum absolute atomic E-state index is 0. The van der Waals surface area contributed by atoms with Crippen LogP contribution in [-0.2, 0) is 6.61 Å². The normalized spacial score (nSPS) is 9.82. The van der Waals surface area contributed by atoms with E-state index in [1.165, 1.54) is 0 Å². The molecule has 0 aliphatic heterocycles. The largest absolute Gasteiger partial charge is 0.489 e. The predicted molar refractivity (Wildman–Crippen MR) is 94.3 cm³/mol. The molecule has 0 aliphatic carbocycles. The minimum Gasteiger partial charge on any atom is -0.489 e. The molecule has 3 aromatic rings. The van der Waals surface area contributed by atoms with E-state index in [2.05, 4.69) is 24.3 Å². The molecule has 0 amide bonds. The topological polar surface area (TPSA) is 35.2 Å². The maximum atomic E-state index is 5.85. The lowest BCUT2D eigenvalue weighted by Gasteiger charge is -2.08. The second-order valence-electron chi connectivity index (χ2n) is 4.92. The first-order valence-electron chi connectivity index (χ1n) is 6.94. The summed E-state index contributed by atoms with van der Waals surface area (Å²) in [7, 11) is 0. The van der Waals surface area contributed by atoms with Crippen molar-refractivity contribution in [3.8, 4) is 16.9 Å². The molecule has 0 saturated heterocycles. The lowest BCUT2D eigenvalue weighted by Crippen LogP contribution is -1.95. The fourth-order valence-electron chi connectivity index (χ4n) is 2.18. The van der Waals surface area contributed by atoms with E-state index < -0.39 is 0 Å². The average Bonchev–Trinajstić information content (AvgIpc) is 2.55. The number of nitrogen functional groups attached to an aromatic ring is 1. The Balaban J connectivity index is 0.00000176. The number of nitrogens with two attached hydrogens (primary N) is 1. The second kappa shape index (κ2) is 7.53. The number of benzene rings is 3. The molecule has 0 bridgehead atoms. The molecular formula is C19H18ClNO. The zero-order chi connectivity index (χ0) is 14.5. The summed E-state index contributed by atoms with van der Waals surface area (Å²) in [6.45, 7) is 0.575. The molecule has 0 fully saturated rings. The molecule has 3 rings (SSSR count). The van der Waals surface area contributed by atoms with Crippen molar-refractivity contribution in [3.63, 3.8) is 0 Å². The third kappa shape index (κ3) is 4.03. The first-order chi connectivity index (χ1) is 10.3. The smallest absolute Gasteiger partial charge is 0.120 e. The highest BCUT2D eigenvalue weighted by Crippen LogP contribution is 2.25. The number of ether oxygens (including phenoxy) is 1. The van der Waals surface area contributed by atoms with Crippen molar-refractivity contribution in [2.45, 2.75) is 6.61 Å². The summed E-state index contributed by atoms with van der Waals surface area (Å²) in [5, 5.41) is 0. The van der Waals surface area contributed by atoms with Crippen LogP contribution in [-0.4, -0.2) is 0 Å². The van der Waals surface area contributed by atoms with Crippen molar-refractivity contribution in [1.29, 1.82) is 0 Å². The summed E-state index contributed by atoms with van der Waals surface area (Å²) in [6.07, 6.45) is 0. The molecule has 0 aromatic heterocycles. The van der Waals surface area contributed by atoms with Gasteiger partial charge in [-0.05, 0) is 41.0 Å². The Kier molecular flexibility index (Phi) is 5.45. The summed E-state index contributed by atoms with van der Waals surface area (Å²) in [5.41, 5.74) is 9.92. The fourth-order valence-corrected chi connectivity index (χ4v) is 2.18. The highest BCUT2D eigenvalue weighted by atomic mass is 35.5. The van der Waals surface area contributed by atoms with E-state index in [0.717, 1.165) is 28.1 Å². The summed E-state index contributed by atoms with van der Waals surface area (Å²) < 4.78 is 5.85. The van der Waals surface area contributed by atoms with E-state index >= 15 is 0 Å². The Hall–Kier alpha value is -2.45. The van der Waals surface area contributed by atoms with Gasteiger partial charge in [-0.15, -0.1) is 12.4 Å². The molecule has 2 nitrogen and oxygen atoms in total. The van der Waals surface area contributed by atoms with Crippen LogP contribution in [0.15, 0.2) is 78.9 Å². The van der Waals surface area contributed by atoms with E-state index in [-0.39, 0.29) is 12.4 Å². The van der Waals surface area contributed by atoms with Gasteiger partial charge >= 0.3 is 0 Å². The molecule has 0 atom stereocenters. The Morgan fingerprint density at radius 2 is 1.45 bits per heavy atom. The van der Waals surface area contributed by atoms with Crippen LogP contribution >= 0.6 is 12.4 Å². The van der Waals surface area contributed by atoms with E-state index in [1.54, 1.807) is 0 Å². The molecule has 0 aliphatic rings. The van der Waals surface area contributed by atoms with Crippen LogP contribution in [0.3, 0.4) is 0 Å². The summed E-state index contributed by atoms with van der Waals surface area (Å²) in [4.78, 5) is 0. The lowest BCUT2D eigenvalue weighted by atomic mass is 10.1. The van der Waals surface area contributed by atoms with Crippen LogP contribution in [0.4, 0.5) is 5.69 Å². The first-order valence-corrected chi connectivity index (χ1v) is 6.94. The van der Waals surface area contributed by atoms with Crippen molar-refractivity contribution < 1.29 is 4.74 Å². The number of hydrogen-bond donors (Lipinski definition) is 1. The fraction of sp³-hybridized carbons (Fsp3) is 0.0526. The average molecular weight is 312 g/mol. The van der Waals surface area contributed by atoms with Gasteiger partial charge in [-0.1, -0.05) is 54.6 Å². The maximum Gasteiger partial charge on any atom is 0.120 e. The van der Waals surface area contributed by atoms with Crippen LogP contribution in [0.1, 0.15) is 5.56 Å². The van der Waals surface area contributed by atoms with E-state index in [1.807, 2.05) is 54.6 Å². The molecule has 0 unspecified atom stereocenters. The van der Waals surface area contributed by atoms with Gasteiger partial charge in [0.05, 0.1) is 0 Å². The van der Waals surface area contributed by atoms with Gasteiger partial charge in [-0.2, -0.15) is 0 Å². The van der Waals surface area contributed by atoms with Crippen LogP contribution in [0.25, 0.3) is 11.1 Å². The van der Waals surface area contributed by atoms with Crippen LogP contribution in [0, 0.1) is 0 Å². The number of rotatable bonds is 4. The van der Waals surface area contributed by atoms with E-state index in [4.69, 9.17) is 10.5 Å². The third-order valence-corrected chi connectivity index (χ3v) is 3.33. The quantitative estimate of drug-likeness (QED) is 0.693. The maximum absolute atomic E-state index is 5.85. The van der Waals surface area contributed by atoms with Gasteiger partial charge in [0.1, 0.15) is 12.4 Å². The monoisotopic (exact) mass is 311 g/mol. The Morgan fingerprint density at radius 1 is 0.727 bits per heavy atom. The summed E-state index contributed by atoms with van der Waals surface area (Å²) in [6, 6.07) is 26.1. The predicted octanol–water partition coefficient (Wildman–Crippen LogP) is 4.94. The van der Waals surface area contributed by atoms with Crippen LogP contribution < -0.4 is 10.5 Å². The SMILES string of the molecule is Cl.Nc1ccc(-c2cccc(OCc3ccccc3)c2)cc1. The summed E-state index contributed by atoms with van der Waals surface area (Å²) in [5.74, 6) is 0.869. The number of halogens is 1. The van der Waals surface area contributed by atoms with Crippen molar-refractivity contribution in [1.82, 2.24) is 0 Å². The first kappa shape index (κ1) is 15.9. The van der Waals surface area contributed by atoms with Crippen LogP contribution in [0.2, 0.25) is 0 Å². The second-order valence-corrected chi connectivity index (χ2v) is 4.92. The van der Waals surface area contributed by atoms with Gasteiger partial charge in [0.25, 0.3) is 0 Å². The molecule has 0 radical (unpaired) electrons. The van der Waals surface area contributed by atoms with Gasteiger partial charge in [0, 0.05) is 5.69 Å². The number of hydrogen-bond acceptors (Lipinski definition) is 2. The highest BCUT2D eigenvalue weighted by Gasteiger charge is 2.01. The van der Waals surface area contributed by atoms with Crippen molar-refractivity contribution in [2.75, 3.05) is 5.73 Å². The molecule has 0 saturated carbocycles. The Morgan fingerprint density at radius 3 is 2.18 bits per heavy atom. The van der Waals surface area contributed by atoms with Gasteiger partial charge in [0.2, 0.25) is 0 Å². The van der Waals surface area contributed by atoms with Crippen molar-refractivity contribution in [3.05, 3.63) is 84.4 Å². The van der Waals surface area contributed by atoms with E-state index in [0.29, 0.717) is 6.61 Å². The van der Waals surface area contributed by atoms with Gasteiger partial charge in [-0.25, -0.2) is 0 Å². The number of anilines is 1.